The van der Waals surface area contributed by atoms with Crippen molar-refractivity contribution in [1.82, 2.24) is 0 Å². The number of carbonyl (C=O) groups is 1. The lowest BCUT2D eigenvalue weighted by Crippen LogP contribution is -2.19. The third-order valence-corrected chi connectivity index (χ3v) is 4.45. The summed E-state index contributed by atoms with van der Waals surface area (Å²) < 4.78 is 0.447. The van der Waals surface area contributed by atoms with Crippen LogP contribution in [0.5, 0.6) is 0 Å². The van der Waals surface area contributed by atoms with Gasteiger partial charge in [0, 0.05) is 21.0 Å². The average molecular weight is 371 g/mol. The lowest BCUT2D eigenvalue weighted by atomic mass is 10.1. The van der Waals surface area contributed by atoms with Crippen molar-refractivity contribution < 1.29 is 14.8 Å². The average Bonchev–Trinajstić information content (AvgIpc) is 2.92. The van der Waals surface area contributed by atoms with E-state index in [0.717, 1.165) is 0 Å². The molecule has 0 amide bonds. The highest BCUT2D eigenvalue weighted by Crippen LogP contribution is 2.33. The second kappa shape index (κ2) is 6.23. The van der Waals surface area contributed by atoms with Crippen LogP contribution in [0.1, 0.15) is 16.5 Å². The predicted octanol–water partition coefficient (Wildman–Crippen LogP) is 3.97. The molecular formula is C13H11BrN2O4S. The van der Waals surface area contributed by atoms with Gasteiger partial charge >= 0.3 is 5.97 Å². The largest absolute Gasteiger partial charge is 0.479 e. The van der Waals surface area contributed by atoms with Crippen LogP contribution in [-0.4, -0.2) is 16.0 Å². The number of hydrogen-bond donors (Lipinski definition) is 2. The van der Waals surface area contributed by atoms with E-state index in [1.807, 2.05) is 0 Å². The minimum absolute atomic E-state index is 0.0181. The topological polar surface area (TPSA) is 92.5 Å². The zero-order chi connectivity index (χ0) is 15.6. The highest BCUT2D eigenvalue weighted by molar-refractivity contribution is 9.10. The number of nitrogens with zero attached hydrogens (tertiary/aromatic N) is 1. The molecule has 0 fully saturated rings. The summed E-state index contributed by atoms with van der Waals surface area (Å²) in [5, 5.41) is 24.9. The molecule has 6 nitrogen and oxygen atoms in total. The summed E-state index contributed by atoms with van der Waals surface area (Å²) in [5.41, 5.74) is 0.940. The van der Waals surface area contributed by atoms with E-state index in [0.29, 0.717) is 20.6 Å². The first kappa shape index (κ1) is 15.5. The van der Waals surface area contributed by atoms with Crippen molar-refractivity contribution in [2.75, 3.05) is 5.32 Å². The summed E-state index contributed by atoms with van der Waals surface area (Å²) in [6.07, 6.45) is 0. The maximum Gasteiger partial charge on any atom is 0.331 e. The molecule has 1 aromatic heterocycles. The Bertz CT molecular complexity index is 688. The molecule has 1 atom stereocenters. The molecule has 21 heavy (non-hydrogen) atoms. The number of halogens is 1. The molecule has 0 saturated carbocycles. The van der Waals surface area contributed by atoms with Gasteiger partial charge in [-0.25, -0.2) is 4.79 Å². The standard InChI is InChI=1S/C13H11BrN2O4S/c1-7-5-9(8(14)6-10(7)16(19)20)15-12(13(17)18)11-3-2-4-21-11/h2-6,12,15H,1H3,(H,17,18). The fraction of sp³-hybridized carbons (Fsp3) is 0.154. The van der Waals surface area contributed by atoms with Crippen molar-refractivity contribution in [2.24, 2.45) is 0 Å². The van der Waals surface area contributed by atoms with Crippen molar-refractivity contribution in [3.8, 4) is 0 Å². The highest BCUT2D eigenvalue weighted by atomic mass is 79.9. The number of aryl methyl sites for hydroxylation is 1. The highest BCUT2D eigenvalue weighted by Gasteiger charge is 2.23. The molecule has 0 aliphatic rings. The van der Waals surface area contributed by atoms with Gasteiger partial charge in [0.15, 0.2) is 6.04 Å². The van der Waals surface area contributed by atoms with E-state index in [-0.39, 0.29) is 5.69 Å². The molecule has 2 rings (SSSR count). The molecule has 2 aromatic rings. The van der Waals surface area contributed by atoms with Gasteiger partial charge in [-0.3, -0.25) is 10.1 Å². The van der Waals surface area contributed by atoms with Gasteiger partial charge in [-0.1, -0.05) is 6.07 Å². The third kappa shape index (κ3) is 3.40. The Morgan fingerprint density at radius 1 is 1.52 bits per heavy atom. The summed E-state index contributed by atoms with van der Waals surface area (Å²) in [7, 11) is 0. The number of carboxylic acids is 1. The molecule has 0 radical (unpaired) electrons. The number of benzene rings is 1. The Morgan fingerprint density at radius 2 is 2.24 bits per heavy atom. The lowest BCUT2D eigenvalue weighted by molar-refractivity contribution is -0.385. The van der Waals surface area contributed by atoms with Gasteiger partial charge in [-0.15, -0.1) is 11.3 Å². The van der Waals surface area contributed by atoms with E-state index < -0.39 is 16.9 Å². The van der Waals surface area contributed by atoms with E-state index in [4.69, 9.17) is 0 Å². The first-order valence-corrected chi connectivity index (χ1v) is 7.54. The van der Waals surface area contributed by atoms with E-state index >= 15 is 0 Å². The van der Waals surface area contributed by atoms with Crippen molar-refractivity contribution >= 4 is 44.6 Å². The molecule has 1 heterocycles. The van der Waals surface area contributed by atoms with Crippen LogP contribution in [0.3, 0.4) is 0 Å². The second-order valence-corrected chi connectivity index (χ2v) is 6.14. The second-order valence-electron chi connectivity index (χ2n) is 4.31. The zero-order valence-electron chi connectivity index (χ0n) is 10.9. The predicted molar refractivity (Wildman–Crippen MR) is 83.9 cm³/mol. The molecule has 110 valence electrons. The fourth-order valence-electron chi connectivity index (χ4n) is 1.84. The summed E-state index contributed by atoms with van der Waals surface area (Å²) in [6.45, 7) is 1.61. The van der Waals surface area contributed by atoms with Crippen molar-refractivity contribution in [2.45, 2.75) is 13.0 Å². The van der Waals surface area contributed by atoms with Crippen molar-refractivity contribution in [3.05, 3.63) is 54.7 Å². The fourth-order valence-corrected chi connectivity index (χ4v) is 3.06. The Morgan fingerprint density at radius 3 is 2.76 bits per heavy atom. The minimum Gasteiger partial charge on any atom is -0.479 e. The van der Waals surface area contributed by atoms with Gasteiger partial charge in [0.05, 0.1) is 10.6 Å². The molecule has 1 aromatic carbocycles. The van der Waals surface area contributed by atoms with E-state index in [9.17, 15) is 20.0 Å². The number of carboxylic acid groups (broad SMARTS) is 1. The van der Waals surface area contributed by atoms with Crippen molar-refractivity contribution in [1.29, 1.82) is 0 Å². The number of nitro benzene ring substituents is 1. The number of nitro groups is 1. The number of hydrogen-bond acceptors (Lipinski definition) is 5. The van der Waals surface area contributed by atoms with Crippen LogP contribution < -0.4 is 5.32 Å². The number of rotatable bonds is 5. The Balaban J connectivity index is 2.36. The molecule has 0 spiro atoms. The Hall–Kier alpha value is -1.93. The molecule has 0 aliphatic heterocycles. The molecule has 0 saturated heterocycles. The quantitative estimate of drug-likeness (QED) is 0.613. The van der Waals surface area contributed by atoms with Crippen LogP contribution in [-0.2, 0) is 4.79 Å². The smallest absolute Gasteiger partial charge is 0.331 e. The van der Waals surface area contributed by atoms with E-state index in [1.54, 1.807) is 30.5 Å². The molecule has 0 bridgehead atoms. The van der Waals surface area contributed by atoms with Crippen LogP contribution in [0.2, 0.25) is 0 Å². The SMILES string of the molecule is Cc1cc(NC(C(=O)O)c2cccs2)c(Br)cc1[N+](=O)[O-]. The van der Waals surface area contributed by atoms with E-state index in [2.05, 4.69) is 21.2 Å². The van der Waals surface area contributed by atoms with Gasteiger partial charge in [-0.05, 0) is 40.4 Å². The van der Waals surface area contributed by atoms with Crippen LogP contribution >= 0.6 is 27.3 Å². The number of anilines is 1. The van der Waals surface area contributed by atoms with Crippen LogP contribution in [0.25, 0.3) is 0 Å². The number of thiophene rings is 1. The summed E-state index contributed by atoms with van der Waals surface area (Å²) in [6, 6.07) is 5.52. The lowest BCUT2D eigenvalue weighted by Gasteiger charge is -2.16. The minimum atomic E-state index is -1.01. The van der Waals surface area contributed by atoms with Crippen LogP contribution in [0.4, 0.5) is 11.4 Å². The Kier molecular flexibility index (Phi) is 4.59. The Labute approximate surface area is 132 Å². The summed E-state index contributed by atoms with van der Waals surface area (Å²) in [5.74, 6) is -1.01. The molecule has 8 heteroatoms. The number of nitrogens with one attached hydrogen (secondary N) is 1. The monoisotopic (exact) mass is 370 g/mol. The maximum atomic E-state index is 11.4. The molecule has 0 aliphatic carbocycles. The van der Waals surface area contributed by atoms with Gasteiger partial charge in [0.25, 0.3) is 5.69 Å². The van der Waals surface area contributed by atoms with Gasteiger partial charge in [-0.2, -0.15) is 0 Å². The van der Waals surface area contributed by atoms with E-state index in [1.165, 1.54) is 17.4 Å². The molecule has 1 unspecified atom stereocenters. The first-order valence-electron chi connectivity index (χ1n) is 5.87. The number of aliphatic carboxylic acids is 1. The third-order valence-electron chi connectivity index (χ3n) is 2.86. The zero-order valence-corrected chi connectivity index (χ0v) is 13.3. The van der Waals surface area contributed by atoms with Crippen molar-refractivity contribution in [3.63, 3.8) is 0 Å². The van der Waals surface area contributed by atoms with Crippen LogP contribution in [0, 0.1) is 17.0 Å². The first-order chi connectivity index (χ1) is 9.90. The maximum absolute atomic E-state index is 11.4. The van der Waals surface area contributed by atoms with Gasteiger partial charge in [0.2, 0.25) is 0 Å². The molecule has 2 N–H and O–H groups in total. The normalized spacial score (nSPS) is 11.9. The summed E-state index contributed by atoms with van der Waals surface area (Å²) in [4.78, 5) is 22.5. The van der Waals surface area contributed by atoms with Crippen LogP contribution in [0.15, 0.2) is 34.1 Å². The van der Waals surface area contributed by atoms with Gasteiger partial charge < -0.3 is 10.4 Å². The summed E-state index contributed by atoms with van der Waals surface area (Å²) >= 11 is 4.56. The molecular weight excluding hydrogens is 360 g/mol. The van der Waals surface area contributed by atoms with Gasteiger partial charge in [0.1, 0.15) is 0 Å².